The molecule has 0 aromatic heterocycles. The maximum atomic E-state index is 11.4. The minimum atomic E-state index is -0.487. The molecule has 80 valence electrons. The van der Waals surface area contributed by atoms with Crippen LogP contribution in [0, 0.1) is 5.92 Å². The summed E-state index contributed by atoms with van der Waals surface area (Å²) in [5, 5.41) is 9.66. The monoisotopic (exact) mass is 310 g/mol. The first-order valence-corrected chi connectivity index (χ1v) is 5.84. The summed E-state index contributed by atoms with van der Waals surface area (Å²) >= 11 is 2.14. The van der Waals surface area contributed by atoms with Crippen LogP contribution in [0.5, 0.6) is 0 Å². The lowest BCUT2D eigenvalue weighted by Crippen LogP contribution is -2.27. The summed E-state index contributed by atoms with van der Waals surface area (Å²) in [6.45, 7) is 4.16. The highest BCUT2D eigenvalue weighted by molar-refractivity contribution is 14.1. The van der Waals surface area contributed by atoms with Crippen molar-refractivity contribution in [2.75, 3.05) is 6.61 Å². The summed E-state index contributed by atoms with van der Waals surface area (Å²) in [6.07, 6.45) is 0.724. The number of halogens is 1. The van der Waals surface area contributed by atoms with E-state index in [4.69, 9.17) is 4.74 Å². The van der Waals surface area contributed by atoms with Crippen LogP contribution in [0.1, 0.15) is 26.7 Å². The Morgan fingerprint density at radius 2 is 2.36 bits per heavy atom. The van der Waals surface area contributed by atoms with E-state index in [0.717, 1.165) is 9.15 Å². The lowest BCUT2D eigenvalue weighted by molar-refractivity contribution is -0.149. The van der Waals surface area contributed by atoms with Crippen LogP contribution in [-0.2, 0) is 9.53 Å². The maximum Gasteiger partial charge on any atom is 0.309 e. The molecule has 0 aromatic rings. The third-order valence-electron chi connectivity index (χ3n) is 2.38. The predicted octanol–water partition coefficient (Wildman–Crippen LogP) is 2.03. The average molecular weight is 310 g/mol. The molecule has 0 saturated carbocycles. The van der Waals surface area contributed by atoms with E-state index in [0.29, 0.717) is 19.4 Å². The van der Waals surface area contributed by atoms with Crippen LogP contribution in [0.2, 0.25) is 0 Å². The predicted molar refractivity (Wildman–Crippen MR) is 62.1 cm³/mol. The Morgan fingerprint density at radius 3 is 2.86 bits per heavy atom. The highest BCUT2D eigenvalue weighted by Gasteiger charge is 2.30. The Morgan fingerprint density at radius 1 is 1.71 bits per heavy atom. The van der Waals surface area contributed by atoms with Crippen LogP contribution in [-0.4, -0.2) is 23.8 Å². The molecule has 0 amide bonds. The molecule has 0 heterocycles. The second kappa shape index (κ2) is 5.11. The molecule has 1 aliphatic rings. The first kappa shape index (κ1) is 12.0. The van der Waals surface area contributed by atoms with Crippen molar-refractivity contribution in [3.63, 3.8) is 0 Å². The number of carbonyl (C=O) groups is 1. The largest absolute Gasteiger partial charge is 0.466 e. The number of aliphatic hydroxyl groups excluding tert-OH is 1. The number of hydrogen-bond acceptors (Lipinski definition) is 3. The Kier molecular flexibility index (Phi) is 4.37. The molecule has 0 spiro atoms. The van der Waals surface area contributed by atoms with Crippen LogP contribution in [0.15, 0.2) is 9.15 Å². The zero-order valence-electron chi connectivity index (χ0n) is 8.42. The van der Waals surface area contributed by atoms with Gasteiger partial charge in [0.15, 0.2) is 0 Å². The van der Waals surface area contributed by atoms with Gasteiger partial charge in [0.2, 0.25) is 0 Å². The van der Waals surface area contributed by atoms with Gasteiger partial charge >= 0.3 is 5.97 Å². The minimum absolute atomic E-state index is 0.163. The van der Waals surface area contributed by atoms with E-state index < -0.39 is 6.10 Å². The molecular formula is C10H15IO3. The number of hydrogen-bond donors (Lipinski definition) is 1. The molecule has 1 aliphatic carbocycles. The smallest absolute Gasteiger partial charge is 0.309 e. The summed E-state index contributed by atoms with van der Waals surface area (Å²) in [7, 11) is 0. The second-order valence-electron chi connectivity index (χ2n) is 3.53. The highest BCUT2D eigenvalue weighted by Crippen LogP contribution is 2.33. The van der Waals surface area contributed by atoms with Crippen molar-refractivity contribution in [3.8, 4) is 0 Å². The van der Waals surface area contributed by atoms with Gasteiger partial charge in [-0.25, -0.2) is 0 Å². The molecule has 0 saturated heterocycles. The van der Waals surface area contributed by atoms with E-state index >= 15 is 0 Å². The third kappa shape index (κ3) is 2.70. The molecular weight excluding hydrogens is 295 g/mol. The lowest BCUT2D eigenvalue weighted by atomic mass is 9.88. The molecule has 1 rings (SSSR count). The molecule has 0 fully saturated rings. The van der Waals surface area contributed by atoms with Crippen molar-refractivity contribution in [3.05, 3.63) is 9.15 Å². The van der Waals surface area contributed by atoms with Gasteiger partial charge < -0.3 is 9.84 Å². The normalized spacial score (nSPS) is 27.7. The molecule has 3 nitrogen and oxygen atoms in total. The Balaban J connectivity index is 2.66. The standard InChI is InChI=1S/C10H15IO3/c1-3-14-10(13)7-4-6(2)9(11)8(12)5-7/h7-8,12H,3-5H2,1-2H3/t7-,8-/m0/s1. The van der Waals surface area contributed by atoms with Gasteiger partial charge in [0.25, 0.3) is 0 Å². The summed E-state index contributed by atoms with van der Waals surface area (Å²) < 4.78 is 5.91. The maximum absolute atomic E-state index is 11.4. The van der Waals surface area contributed by atoms with Crippen LogP contribution >= 0.6 is 22.6 Å². The number of esters is 1. The number of rotatable bonds is 2. The van der Waals surface area contributed by atoms with Gasteiger partial charge in [-0.2, -0.15) is 0 Å². The van der Waals surface area contributed by atoms with Gasteiger partial charge in [-0.05, 0) is 49.3 Å². The van der Waals surface area contributed by atoms with Gasteiger partial charge in [0.1, 0.15) is 0 Å². The molecule has 14 heavy (non-hydrogen) atoms. The zero-order chi connectivity index (χ0) is 10.7. The molecule has 0 aromatic carbocycles. The molecule has 0 aliphatic heterocycles. The van der Waals surface area contributed by atoms with Crippen LogP contribution in [0.3, 0.4) is 0 Å². The fraction of sp³-hybridized carbons (Fsp3) is 0.700. The Bertz CT molecular complexity index is 260. The number of carbonyl (C=O) groups excluding carboxylic acids is 1. The van der Waals surface area contributed by atoms with Crippen molar-refractivity contribution in [2.45, 2.75) is 32.8 Å². The van der Waals surface area contributed by atoms with Crippen molar-refractivity contribution in [2.24, 2.45) is 5.92 Å². The fourth-order valence-electron chi connectivity index (χ4n) is 1.65. The Labute approximate surface area is 97.7 Å². The van der Waals surface area contributed by atoms with Crippen molar-refractivity contribution in [1.82, 2.24) is 0 Å². The minimum Gasteiger partial charge on any atom is -0.466 e. The van der Waals surface area contributed by atoms with Crippen LogP contribution in [0.25, 0.3) is 0 Å². The lowest BCUT2D eigenvalue weighted by Gasteiger charge is -2.25. The summed E-state index contributed by atoms with van der Waals surface area (Å²) in [4.78, 5) is 11.4. The molecule has 4 heteroatoms. The van der Waals surface area contributed by atoms with Crippen molar-refractivity contribution in [1.29, 1.82) is 0 Å². The second-order valence-corrected chi connectivity index (χ2v) is 4.70. The van der Waals surface area contributed by atoms with Gasteiger partial charge in [-0.3, -0.25) is 4.79 Å². The SMILES string of the molecule is CCOC(=O)[C@H]1CC(C)=C(I)[C@@H](O)C1. The van der Waals surface area contributed by atoms with E-state index in [1.165, 1.54) is 0 Å². The quantitative estimate of drug-likeness (QED) is 0.627. The molecule has 0 bridgehead atoms. The number of aliphatic hydroxyl groups is 1. The number of allylic oxidation sites excluding steroid dienone is 1. The molecule has 2 atom stereocenters. The van der Waals surface area contributed by atoms with E-state index in [9.17, 15) is 9.90 Å². The van der Waals surface area contributed by atoms with Gasteiger partial charge in [0, 0.05) is 3.58 Å². The molecule has 0 radical (unpaired) electrons. The molecule has 0 unspecified atom stereocenters. The van der Waals surface area contributed by atoms with E-state index in [1.54, 1.807) is 6.92 Å². The van der Waals surface area contributed by atoms with E-state index in [-0.39, 0.29) is 11.9 Å². The number of ether oxygens (including phenoxy) is 1. The summed E-state index contributed by atoms with van der Waals surface area (Å²) in [5.41, 5.74) is 1.10. The first-order chi connectivity index (χ1) is 6.56. The van der Waals surface area contributed by atoms with Crippen LogP contribution in [0.4, 0.5) is 0 Å². The highest BCUT2D eigenvalue weighted by atomic mass is 127. The van der Waals surface area contributed by atoms with E-state index in [1.807, 2.05) is 6.92 Å². The van der Waals surface area contributed by atoms with Crippen molar-refractivity contribution < 1.29 is 14.6 Å². The van der Waals surface area contributed by atoms with Gasteiger partial charge in [-0.1, -0.05) is 5.57 Å². The van der Waals surface area contributed by atoms with Crippen molar-refractivity contribution >= 4 is 28.6 Å². The van der Waals surface area contributed by atoms with Crippen LogP contribution < -0.4 is 0 Å². The van der Waals surface area contributed by atoms with E-state index in [2.05, 4.69) is 22.6 Å². The van der Waals surface area contributed by atoms with Gasteiger partial charge in [0.05, 0.1) is 18.6 Å². The summed E-state index contributed by atoms with van der Waals surface area (Å²) in [5.74, 6) is -0.349. The molecule has 1 N–H and O–H groups in total. The average Bonchev–Trinajstić information content (AvgIpc) is 2.13. The Hall–Kier alpha value is -0.100. The third-order valence-corrected chi connectivity index (χ3v) is 4.02. The first-order valence-electron chi connectivity index (χ1n) is 4.76. The zero-order valence-corrected chi connectivity index (χ0v) is 10.6. The van der Waals surface area contributed by atoms with Gasteiger partial charge in [-0.15, -0.1) is 0 Å². The topological polar surface area (TPSA) is 46.5 Å². The summed E-state index contributed by atoms with van der Waals surface area (Å²) in [6, 6.07) is 0. The fourth-order valence-corrected chi connectivity index (χ4v) is 2.12.